The number of halogens is 3. The molecule has 2 atom stereocenters. The van der Waals surface area contributed by atoms with Crippen LogP contribution in [-0.2, 0) is 22.1 Å². The molecule has 0 radical (unpaired) electrons. The largest absolute Gasteiger partial charge is 0.465 e. The minimum Gasteiger partial charge on any atom is -0.465 e. The van der Waals surface area contributed by atoms with E-state index in [1.807, 2.05) is 0 Å². The van der Waals surface area contributed by atoms with Crippen LogP contribution in [0.4, 0.5) is 13.2 Å². The highest BCUT2D eigenvalue weighted by Gasteiger charge is 2.31. The molecule has 4 nitrogen and oxygen atoms in total. The molecule has 0 amide bonds. The number of pyridine rings is 1. The monoisotopic (exact) mass is 393 g/mol. The van der Waals surface area contributed by atoms with Gasteiger partial charge in [0.2, 0.25) is 0 Å². The van der Waals surface area contributed by atoms with Gasteiger partial charge in [-0.25, -0.2) is 4.79 Å². The Labute approximate surface area is 161 Å². The van der Waals surface area contributed by atoms with Gasteiger partial charge in [-0.15, -0.1) is 0 Å². The standard InChI is InChI=1S/C21H22F3NO3/c1-27-20(26)16-11-14(12-25-13-16)5-10-18-3-2-4-19(28-18)15-6-8-17(9-7-15)21(22,23)24/h6-9,11-13,18-19H,2-5,10H2,1H3/t18-,19+/m1/s1. The molecular weight excluding hydrogens is 371 g/mol. The highest BCUT2D eigenvalue weighted by Crippen LogP contribution is 2.35. The van der Waals surface area contributed by atoms with Crippen LogP contribution < -0.4 is 0 Å². The number of nitrogens with zero attached hydrogens (tertiary/aromatic N) is 1. The lowest BCUT2D eigenvalue weighted by Crippen LogP contribution is -2.23. The molecule has 28 heavy (non-hydrogen) atoms. The number of methoxy groups -OCH3 is 1. The van der Waals surface area contributed by atoms with E-state index in [2.05, 4.69) is 4.98 Å². The SMILES string of the molecule is COC(=O)c1cncc(CC[C@H]2CCC[C@@H](c3ccc(C(F)(F)F)cc3)O2)c1. The topological polar surface area (TPSA) is 48.4 Å². The van der Waals surface area contributed by atoms with Crippen LogP contribution in [0.1, 0.15) is 58.8 Å². The van der Waals surface area contributed by atoms with Gasteiger partial charge < -0.3 is 9.47 Å². The van der Waals surface area contributed by atoms with Crippen LogP contribution in [0.5, 0.6) is 0 Å². The molecule has 150 valence electrons. The summed E-state index contributed by atoms with van der Waals surface area (Å²) >= 11 is 0. The number of hydrogen-bond donors (Lipinski definition) is 0. The molecule has 7 heteroatoms. The van der Waals surface area contributed by atoms with Gasteiger partial charge in [-0.05, 0) is 61.4 Å². The van der Waals surface area contributed by atoms with Crippen molar-refractivity contribution in [2.75, 3.05) is 7.11 Å². The van der Waals surface area contributed by atoms with Crippen LogP contribution in [0, 0.1) is 0 Å². The zero-order chi connectivity index (χ0) is 20.1. The predicted molar refractivity (Wildman–Crippen MR) is 96.8 cm³/mol. The number of rotatable bonds is 5. The predicted octanol–water partition coefficient (Wildman–Crippen LogP) is 5.13. The van der Waals surface area contributed by atoms with Crippen molar-refractivity contribution in [3.8, 4) is 0 Å². The van der Waals surface area contributed by atoms with Crippen LogP contribution in [0.15, 0.2) is 42.7 Å². The molecule has 0 saturated carbocycles. The van der Waals surface area contributed by atoms with Crippen molar-refractivity contribution in [2.24, 2.45) is 0 Å². The number of carbonyl (C=O) groups excluding carboxylic acids is 1. The van der Waals surface area contributed by atoms with Gasteiger partial charge in [0.25, 0.3) is 0 Å². The summed E-state index contributed by atoms with van der Waals surface area (Å²) in [6.07, 6.45) is 2.77. The maximum Gasteiger partial charge on any atom is 0.416 e. The van der Waals surface area contributed by atoms with Gasteiger partial charge in [-0.2, -0.15) is 13.2 Å². The van der Waals surface area contributed by atoms with Gasteiger partial charge in [0.05, 0.1) is 30.4 Å². The summed E-state index contributed by atoms with van der Waals surface area (Å²) in [6, 6.07) is 6.97. The summed E-state index contributed by atoms with van der Waals surface area (Å²) < 4.78 is 49.0. The van der Waals surface area contributed by atoms with Gasteiger partial charge >= 0.3 is 12.1 Å². The van der Waals surface area contributed by atoms with Crippen LogP contribution in [0.3, 0.4) is 0 Å². The second-order valence-electron chi connectivity index (χ2n) is 6.91. The summed E-state index contributed by atoms with van der Waals surface area (Å²) in [4.78, 5) is 15.7. The van der Waals surface area contributed by atoms with Gasteiger partial charge in [0, 0.05) is 12.4 Å². The van der Waals surface area contributed by atoms with Crippen LogP contribution in [0.2, 0.25) is 0 Å². The molecule has 0 N–H and O–H groups in total. The van der Waals surface area contributed by atoms with Gasteiger partial charge in [-0.1, -0.05) is 12.1 Å². The van der Waals surface area contributed by atoms with E-state index >= 15 is 0 Å². The van der Waals surface area contributed by atoms with Crippen molar-refractivity contribution in [2.45, 2.75) is 50.5 Å². The molecule has 2 aromatic rings. The fourth-order valence-corrected chi connectivity index (χ4v) is 3.43. The van der Waals surface area contributed by atoms with E-state index in [1.54, 1.807) is 12.3 Å². The Kier molecular flexibility index (Phi) is 6.34. The van der Waals surface area contributed by atoms with E-state index < -0.39 is 17.7 Å². The number of hydrogen-bond acceptors (Lipinski definition) is 4. The average molecular weight is 393 g/mol. The van der Waals surface area contributed by atoms with Crippen molar-refractivity contribution < 1.29 is 27.4 Å². The summed E-state index contributed by atoms with van der Waals surface area (Å²) in [6.45, 7) is 0. The lowest BCUT2D eigenvalue weighted by Gasteiger charge is -2.30. The molecular formula is C21H22F3NO3. The first-order valence-corrected chi connectivity index (χ1v) is 9.21. The van der Waals surface area contributed by atoms with E-state index in [0.717, 1.165) is 48.9 Å². The van der Waals surface area contributed by atoms with Crippen molar-refractivity contribution in [3.63, 3.8) is 0 Å². The molecule has 1 aromatic carbocycles. The highest BCUT2D eigenvalue weighted by atomic mass is 19.4. The molecule has 3 rings (SSSR count). The maximum atomic E-state index is 12.7. The van der Waals surface area contributed by atoms with Gasteiger partial charge in [0.1, 0.15) is 0 Å². The summed E-state index contributed by atoms with van der Waals surface area (Å²) in [5.41, 5.74) is 1.45. The van der Waals surface area contributed by atoms with Crippen molar-refractivity contribution in [3.05, 3.63) is 65.0 Å². The first-order chi connectivity index (χ1) is 13.4. The highest BCUT2D eigenvalue weighted by molar-refractivity contribution is 5.89. The van der Waals surface area contributed by atoms with Crippen molar-refractivity contribution >= 4 is 5.97 Å². The summed E-state index contributed by atoms with van der Waals surface area (Å²) in [5, 5.41) is 0. The first-order valence-electron chi connectivity index (χ1n) is 9.21. The number of carbonyl (C=O) groups is 1. The lowest BCUT2D eigenvalue weighted by atomic mass is 9.95. The van der Waals surface area contributed by atoms with Crippen LogP contribution >= 0.6 is 0 Å². The Morgan fingerprint density at radius 2 is 1.96 bits per heavy atom. The van der Waals surface area contributed by atoms with E-state index in [-0.39, 0.29) is 12.2 Å². The number of esters is 1. The van der Waals surface area contributed by atoms with E-state index in [1.165, 1.54) is 25.4 Å². The van der Waals surface area contributed by atoms with Gasteiger partial charge in [0.15, 0.2) is 0 Å². The zero-order valence-corrected chi connectivity index (χ0v) is 15.5. The number of alkyl halides is 3. The molecule has 1 fully saturated rings. The molecule has 0 bridgehead atoms. The molecule has 0 unspecified atom stereocenters. The Hall–Kier alpha value is -2.41. The van der Waals surface area contributed by atoms with Crippen LogP contribution in [-0.4, -0.2) is 24.2 Å². The average Bonchev–Trinajstić information content (AvgIpc) is 2.71. The summed E-state index contributed by atoms with van der Waals surface area (Å²) in [5.74, 6) is -0.425. The fraction of sp³-hybridized carbons (Fsp3) is 0.429. The molecule has 2 heterocycles. The maximum absolute atomic E-state index is 12.7. The Morgan fingerprint density at radius 3 is 2.64 bits per heavy atom. The normalized spacial score (nSPS) is 20.0. The third kappa shape index (κ3) is 5.10. The molecule has 0 aliphatic carbocycles. The van der Waals surface area contributed by atoms with Crippen molar-refractivity contribution in [1.82, 2.24) is 4.98 Å². The third-order valence-corrected chi connectivity index (χ3v) is 4.93. The Morgan fingerprint density at radius 1 is 1.21 bits per heavy atom. The molecule has 1 aliphatic rings. The van der Waals surface area contributed by atoms with Crippen LogP contribution in [0.25, 0.3) is 0 Å². The lowest BCUT2D eigenvalue weighted by molar-refractivity contribution is -0.137. The smallest absolute Gasteiger partial charge is 0.416 e. The number of aryl methyl sites for hydroxylation is 1. The third-order valence-electron chi connectivity index (χ3n) is 4.93. The summed E-state index contributed by atoms with van der Waals surface area (Å²) in [7, 11) is 1.33. The van der Waals surface area contributed by atoms with E-state index in [9.17, 15) is 18.0 Å². The van der Waals surface area contributed by atoms with Crippen molar-refractivity contribution in [1.29, 1.82) is 0 Å². The number of benzene rings is 1. The Balaban J connectivity index is 1.59. The van der Waals surface area contributed by atoms with E-state index in [4.69, 9.17) is 9.47 Å². The molecule has 1 aromatic heterocycles. The molecule has 1 saturated heterocycles. The number of aromatic nitrogens is 1. The fourth-order valence-electron chi connectivity index (χ4n) is 3.43. The minimum atomic E-state index is -4.33. The Bertz CT molecular complexity index is 805. The van der Waals surface area contributed by atoms with E-state index in [0.29, 0.717) is 12.0 Å². The second-order valence-corrected chi connectivity index (χ2v) is 6.91. The first kappa shape index (κ1) is 20.3. The zero-order valence-electron chi connectivity index (χ0n) is 15.5. The molecule has 1 aliphatic heterocycles. The second kappa shape index (κ2) is 8.73. The number of ether oxygens (including phenoxy) is 2. The minimum absolute atomic E-state index is 0.0165. The quantitative estimate of drug-likeness (QED) is 0.661. The van der Waals surface area contributed by atoms with Gasteiger partial charge in [-0.3, -0.25) is 4.98 Å². The molecule has 0 spiro atoms.